The Morgan fingerprint density at radius 1 is 1.38 bits per heavy atom. The normalized spacial score (nSPS) is 21.0. The number of carbonyl (C=O) groups excluding carboxylic acids is 2. The lowest BCUT2D eigenvalue weighted by Crippen LogP contribution is -2.71. The Hall–Kier alpha value is -3.24. The molecule has 3 heterocycles. The second-order valence-electron chi connectivity index (χ2n) is 7.08. The third kappa shape index (κ3) is 4.23. The highest BCUT2D eigenvalue weighted by atomic mass is 32.2. The molecule has 0 spiro atoms. The summed E-state index contributed by atoms with van der Waals surface area (Å²) < 4.78 is 3.86. The number of carbonyl (C=O) groups is 4. The van der Waals surface area contributed by atoms with Crippen LogP contribution in [-0.2, 0) is 24.0 Å². The predicted octanol–water partition coefficient (Wildman–Crippen LogP) is -1.56. The van der Waals surface area contributed by atoms with Crippen molar-refractivity contribution in [2.75, 3.05) is 18.1 Å². The van der Waals surface area contributed by atoms with Crippen molar-refractivity contribution in [1.82, 2.24) is 19.6 Å². The van der Waals surface area contributed by atoms with Crippen LogP contribution in [-0.4, -0.2) is 88.4 Å². The van der Waals surface area contributed by atoms with Gasteiger partial charge < -0.3 is 31.2 Å². The molecule has 16 heteroatoms. The fourth-order valence-corrected chi connectivity index (χ4v) is 4.50. The van der Waals surface area contributed by atoms with Gasteiger partial charge in [0.25, 0.3) is 11.8 Å². The molecule has 14 nitrogen and oxygen atoms in total. The molecular formula is C16H18N6O8S2. The number of oxime groups is 1. The Morgan fingerprint density at radius 3 is 2.59 bits per heavy atom. The molecule has 0 bridgehead atoms. The van der Waals surface area contributed by atoms with Gasteiger partial charge in [0.2, 0.25) is 17.1 Å². The Balaban J connectivity index is 1.83. The molecule has 2 atom stereocenters. The van der Waals surface area contributed by atoms with Gasteiger partial charge in [-0.1, -0.05) is 5.16 Å². The average molecular weight is 486 g/mol. The monoisotopic (exact) mass is 486 g/mol. The van der Waals surface area contributed by atoms with E-state index in [0.29, 0.717) is 0 Å². The molecule has 2 aliphatic heterocycles. The number of β-lactam (4-membered cyclic amide) rings is 1. The highest BCUT2D eigenvalue weighted by molar-refractivity contribution is 8.00. The molecule has 2 aliphatic rings. The van der Waals surface area contributed by atoms with Gasteiger partial charge in [0.05, 0.1) is 6.61 Å². The van der Waals surface area contributed by atoms with Crippen molar-refractivity contribution in [3.8, 4) is 0 Å². The molecule has 0 radical (unpaired) electrons. The van der Waals surface area contributed by atoms with Crippen molar-refractivity contribution in [2.24, 2.45) is 5.16 Å². The van der Waals surface area contributed by atoms with E-state index in [-0.39, 0.29) is 28.0 Å². The van der Waals surface area contributed by atoms with E-state index < -0.39 is 53.1 Å². The number of aliphatic carboxylic acids is 2. The first kappa shape index (κ1) is 23.4. The Kier molecular flexibility index (Phi) is 6.38. The van der Waals surface area contributed by atoms with Crippen LogP contribution >= 0.6 is 23.3 Å². The number of rotatable bonds is 8. The number of amides is 2. The van der Waals surface area contributed by atoms with Crippen LogP contribution in [0.4, 0.5) is 5.13 Å². The third-order valence-electron chi connectivity index (χ3n) is 4.48. The maximum absolute atomic E-state index is 12.9. The van der Waals surface area contributed by atoms with E-state index in [4.69, 9.17) is 15.7 Å². The first-order valence-electron chi connectivity index (χ1n) is 8.88. The quantitative estimate of drug-likeness (QED) is 0.160. The number of nitrogen functional groups attached to an aromatic ring is 1. The number of nitrogens with two attached hydrogens (primary N) is 1. The minimum Gasteiger partial charge on any atom is -0.478 e. The number of nitrogens with one attached hydrogen (secondary N) is 1. The number of nitrogens with zero attached hydrogens (tertiary/aromatic N) is 4. The van der Waals surface area contributed by atoms with Crippen LogP contribution in [0.5, 0.6) is 0 Å². The number of aliphatic hydroxyl groups is 1. The number of hydrogen-bond donors (Lipinski definition) is 5. The highest BCUT2D eigenvalue weighted by Gasteiger charge is 2.54. The fraction of sp³-hybridized carbons (Fsp3) is 0.438. The second kappa shape index (κ2) is 8.71. The first-order chi connectivity index (χ1) is 15.0. The molecule has 0 unspecified atom stereocenters. The molecule has 2 amide bonds. The molecule has 0 aromatic carbocycles. The zero-order valence-electron chi connectivity index (χ0n) is 16.6. The minimum absolute atomic E-state index is 0.0134. The number of aromatic nitrogens is 2. The fourth-order valence-electron chi connectivity index (χ4n) is 2.73. The van der Waals surface area contributed by atoms with Gasteiger partial charge in [0.1, 0.15) is 17.1 Å². The number of fused-ring (bicyclic) bond motifs is 1. The summed E-state index contributed by atoms with van der Waals surface area (Å²) in [6.07, 6.45) is 0. The van der Waals surface area contributed by atoms with Crippen LogP contribution in [0, 0.1) is 0 Å². The van der Waals surface area contributed by atoms with Crippen LogP contribution in [0.3, 0.4) is 0 Å². The molecule has 1 aromatic heterocycles. The summed E-state index contributed by atoms with van der Waals surface area (Å²) in [4.78, 5) is 58.1. The van der Waals surface area contributed by atoms with Gasteiger partial charge in [-0.2, -0.15) is 9.36 Å². The van der Waals surface area contributed by atoms with Crippen molar-refractivity contribution >= 4 is 57.9 Å². The molecule has 0 aliphatic carbocycles. The summed E-state index contributed by atoms with van der Waals surface area (Å²) >= 11 is 1.93. The van der Waals surface area contributed by atoms with Gasteiger partial charge in [-0.25, -0.2) is 9.59 Å². The summed E-state index contributed by atoms with van der Waals surface area (Å²) in [6.45, 7) is 1.90. The minimum atomic E-state index is -1.78. The molecule has 32 heavy (non-hydrogen) atoms. The van der Waals surface area contributed by atoms with E-state index in [9.17, 15) is 29.4 Å². The molecule has 1 aromatic rings. The van der Waals surface area contributed by atoms with Gasteiger partial charge >= 0.3 is 11.9 Å². The van der Waals surface area contributed by atoms with E-state index in [2.05, 4.69) is 19.8 Å². The SMILES string of the molecule is CC(C)(O/N=C(\C(=O)N[C@@H]1C(=O)N2C(C(=O)O)=C(CO)CS[C@H]12)c1nsc(N)n1)C(=O)O. The molecule has 1 saturated heterocycles. The van der Waals surface area contributed by atoms with Crippen LogP contribution in [0.15, 0.2) is 16.4 Å². The number of anilines is 1. The maximum atomic E-state index is 12.9. The number of aliphatic hydroxyl groups excluding tert-OH is 1. The van der Waals surface area contributed by atoms with Gasteiger partial charge in [-0.3, -0.25) is 14.5 Å². The van der Waals surface area contributed by atoms with E-state index in [1.807, 2.05) is 0 Å². The van der Waals surface area contributed by atoms with Crippen LogP contribution in [0.1, 0.15) is 19.7 Å². The summed E-state index contributed by atoms with van der Waals surface area (Å²) in [5.74, 6) is -4.44. The molecule has 0 saturated carbocycles. The van der Waals surface area contributed by atoms with E-state index in [0.717, 1.165) is 28.2 Å². The summed E-state index contributed by atoms with van der Waals surface area (Å²) in [7, 11) is 0. The van der Waals surface area contributed by atoms with Crippen LogP contribution in [0.2, 0.25) is 0 Å². The summed E-state index contributed by atoms with van der Waals surface area (Å²) in [5, 5.41) is 33.2. The predicted molar refractivity (Wildman–Crippen MR) is 110 cm³/mol. The number of thioether (sulfide) groups is 1. The summed E-state index contributed by atoms with van der Waals surface area (Å²) in [5.41, 5.74) is 3.12. The largest absolute Gasteiger partial charge is 0.478 e. The molecule has 3 rings (SSSR count). The van der Waals surface area contributed by atoms with Gasteiger partial charge in [-0.15, -0.1) is 11.8 Å². The van der Waals surface area contributed by atoms with Crippen molar-refractivity contribution in [2.45, 2.75) is 30.9 Å². The average Bonchev–Trinajstić information content (AvgIpc) is 3.16. The van der Waals surface area contributed by atoms with E-state index in [1.165, 1.54) is 13.8 Å². The number of carboxylic acid groups (broad SMARTS) is 2. The molecule has 6 N–H and O–H groups in total. The van der Waals surface area contributed by atoms with Gasteiger partial charge in [0, 0.05) is 17.3 Å². The molecule has 172 valence electrons. The Bertz CT molecular complexity index is 1050. The second-order valence-corrected chi connectivity index (χ2v) is 8.97. The van der Waals surface area contributed by atoms with Crippen molar-refractivity contribution < 1.29 is 39.3 Å². The maximum Gasteiger partial charge on any atom is 0.352 e. The van der Waals surface area contributed by atoms with Crippen molar-refractivity contribution in [3.63, 3.8) is 0 Å². The number of hydrogen-bond acceptors (Lipinski definition) is 12. The van der Waals surface area contributed by atoms with Crippen LogP contribution in [0.25, 0.3) is 0 Å². The smallest absolute Gasteiger partial charge is 0.352 e. The van der Waals surface area contributed by atoms with Gasteiger partial charge in [0.15, 0.2) is 5.13 Å². The molecular weight excluding hydrogens is 468 g/mol. The zero-order chi connectivity index (χ0) is 23.8. The lowest BCUT2D eigenvalue weighted by molar-refractivity contribution is -0.161. The first-order valence-corrected chi connectivity index (χ1v) is 10.7. The molecule has 1 fully saturated rings. The van der Waals surface area contributed by atoms with Crippen molar-refractivity contribution in [1.29, 1.82) is 0 Å². The van der Waals surface area contributed by atoms with E-state index >= 15 is 0 Å². The lowest BCUT2D eigenvalue weighted by atomic mass is 10.0. The lowest BCUT2D eigenvalue weighted by Gasteiger charge is -2.49. The van der Waals surface area contributed by atoms with E-state index in [1.54, 1.807) is 0 Å². The van der Waals surface area contributed by atoms with Crippen molar-refractivity contribution in [3.05, 3.63) is 17.1 Å². The van der Waals surface area contributed by atoms with Gasteiger partial charge in [-0.05, 0) is 19.4 Å². The zero-order valence-corrected chi connectivity index (χ0v) is 18.3. The number of carboxylic acids is 2. The standard InChI is InChI=1S/C16H18N6O8S2/c1-16(2,14(28)29)30-20-6(9-19-15(17)32-21-9)10(24)18-7-11(25)22-8(13(26)27)5(3-23)4-31-12(7)22/h7,12,23H,3-4H2,1-2H3,(H,18,24)(H,26,27)(H,28,29)(H2,17,19,21)/b20-6-/t7-,12-/m1/s1. The Labute approximate surface area is 188 Å². The Morgan fingerprint density at radius 2 is 2.06 bits per heavy atom. The van der Waals surface area contributed by atoms with Crippen LogP contribution < -0.4 is 11.1 Å². The highest BCUT2D eigenvalue weighted by Crippen LogP contribution is 2.40. The summed E-state index contributed by atoms with van der Waals surface area (Å²) in [6, 6.07) is -1.10. The topological polar surface area (TPSA) is 218 Å². The third-order valence-corrected chi connectivity index (χ3v) is 6.36.